The fourth-order valence-electron chi connectivity index (χ4n) is 1.70. The van der Waals surface area contributed by atoms with Crippen LogP contribution >= 0.6 is 0 Å². The summed E-state index contributed by atoms with van der Waals surface area (Å²) in [5.74, 6) is 0.878. The van der Waals surface area contributed by atoms with Gasteiger partial charge in [-0.1, -0.05) is 6.07 Å². The minimum absolute atomic E-state index is 0.233. The van der Waals surface area contributed by atoms with E-state index >= 15 is 0 Å². The van der Waals surface area contributed by atoms with Gasteiger partial charge in [0.2, 0.25) is 0 Å². The Balaban J connectivity index is 1.98. The van der Waals surface area contributed by atoms with E-state index in [9.17, 15) is 4.79 Å². The van der Waals surface area contributed by atoms with Crippen LogP contribution in [0.4, 0.5) is 5.69 Å². The Morgan fingerprint density at radius 2 is 2.37 bits per heavy atom. The normalized spacial score (nSPS) is 10.2. The van der Waals surface area contributed by atoms with Gasteiger partial charge in [0.15, 0.2) is 5.75 Å². The molecule has 1 heterocycles. The minimum atomic E-state index is -0.233. The average molecular weight is 261 g/mol. The molecule has 1 aromatic carbocycles. The second-order valence-electron chi connectivity index (χ2n) is 3.87. The lowest BCUT2D eigenvalue weighted by Crippen LogP contribution is -2.26. The highest BCUT2D eigenvalue weighted by molar-refractivity contribution is 5.98. The molecule has 19 heavy (non-hydrogen) atoms. The predicted molar refractivity (Wildman–Crippen MR) is 69.8 cm³/mol. The molecule has 0 unspecified atom stereocenters. The van der Waals surface area contributed by atoms with Crippen LogP contribution in [0.3, 0.4) is 0 Å². The van der Waals surface area contributed by atoms with Crippen molar-refractivity contribution in [1.82, 2.24) is 20.5 Å². The number of carbonyl (C=O) groups is 1. The number of rotatable bonds is 5. The topological polar surface area (TPSA) is 106 Å². The third-order valence-electron chi connectivity index (χ3n) is 2.61. The summed E-state index contributed by atoms with van der Waals surface area (Å²) in [5.41, 5.74) is 6.60. The zero-order chi connectivity index (χ0) is 13.7. The average Bonchev–Trinajstić information content (AvgIpc) is 2.91. The maximum atomic E-state index is 12.0. The van der Waals surface area contributed by atoms with Crippen LogP contribution < -0.4 is 15.8 Å². The lowest BCUT2D eigenvalue weighted by Gasteiger charge is -2.10. The third-order valence-corrected chi connectivity index (χ3v) is 2.61. The molecule has 7 heteroatoms. The predicted octanol–water partition coefficient (Wildman–Crippen LogP) is 0.368. The van der Waals surface area contributed by atoms with Gasteiger partial charge in [-0.15, -0.1) is 0 Å². The van der Waals surface area contributed by atoms with Gasteiger partial charge < -0.3 is 15.8 Å². The van der Waals surface area contributed by atoms with E-state index < -0.39 is 0 Å². The van der Waals surface area contributed by atoms with Gasteiger partial charge in [-0.05, 0) is 12.1 Å². The highest BCUT2D eigenvalue weighted by Gasteiger charge is 2.13. The number of carbonyl (C=O) groups excluding carboxylic acids is 1. The number of nitrogen functional groups attached to an aromatic ring is 1. The number of aromatic nitrogens is 3. The molecular formula is C12H15N5O2. The van der Waals surface area contributed by atoms with E-state index in [2.05, 4.69) is 20.5 Å². The highest BCUT2D eigenvalue weighted by Crippen LogP contribution is 2.25. The summed E-state index contributed by atoms with van der Waals surface area (Å²) in [4.78, 5) is 16.0. The second-order valence-corrected chi connectivity index (χ2v) is 3.87. The van der Waals surface area contributed by atoms with Gasteiger partial charge >= 0.3 is 0 Å². The molecule has 0 bridgehead atoms. The summed E-state index contributed by atoms with van der Waals surface area (Å²) in [6.45, 7) is 0.450. The molecule has 0 aliphatic heterocycles. The molecule has 0 atom stereocenters. The first kappa shape index (κ1) is 12.9. The van der Waals surface area contributed by atoms with Crippen molar-refractivity contribution in [3.8, 4) is 5.75 Å². The number of methoxy groups -OCH3 is 1. The monoisotopic (exact) mass is 261 g/mol. The SMILES string of the molecule is COc1c(N)cccc1C(=O)NCCc1ncn[nH]1. The Morgan fingerprint density at radius 3 is 3.05 bits per heavy atom. The zero-order valence-electron chi connectivity index (χ0n) is 10.5. The van der Waals surface area contributed by atoms with E-state index in [1.807, 2.05) is 0 Å². The summed E-state index contributed by atoms with van der Waals surface area (Å²) in [5, 5.41) is 9.23. The van der Waals surface area contributed by atoms with Crippen molar-refractivity contribution in [3.63, 3.8) is 0 Å². The van der Waals surface area contributed by atoms with E-state index in [1.54, 1.807) is 18.2 Å². The number of nitrogens with zero attached hydrogens (tertiary/aromatic N) is 2. The van der Waals surface area contributed by atoms with Gasteiger partial charge in [-0.3, -0.25) is 9.89 Å². The maximum absolute atomic E-state index is 12.0. The molecule has 1 aromatic heterocycles. The molecule has 2 rings (SSSR count). The van der Waals surface area contributed by atoms with Crippen LogP contribution in [0.2, 0.25) is 0 Å². The molecule has 0 aliphatic carbocycles. The number of para-hydroxylation sites is 1. The van der Waals surface area contributed by atoms with Crippen molar-refractivity contribution in [2.75, 3.05) is 19.4 Å². The molecule has 0 saturated heterocycles. The highest BCUT2D eigenvalue weighted by atomic mass is 16.5. The summed E-state index contributed by atoms with van der Waals surface area (Å²) in [7, 11) is 1.48. The van der Waals surface area contributed by atoms with Crippen molar-refractivity contribution in [3.05, 3.63) is 35.9 Å². The van der Waals surface area contributed by atoms with E-state index in [4.69, 9.17) is 10.5 Å². The van der Waals surface area contributed by atoms with Gasteiger partial charge in [0, 0.05) is 13.0 Å². The number of aromatic amines is 1. The van der Waals surface area contributed by atoms with Crippen molar-refractivity contribution in [2.24, 2.45) is 0 Å². The molecule has 0 saturated carbocycles. The first-order chi connectivity index (χ1) is 9.22. The van der Waals surface area contributed by atoms with Crippen LogP contribution in [0.15, 0.2) is 24.5 Å². The molecule has 0 fully saturated rings. The number of nitrogens with one attached hydrogen (secondary N) is 2. The number of nitrogens with two attached hydrogens (primary N) is 1. The standard InChI is InChI=1S/C12H15N5O2/c1-19-11-8(3-2-4-9(11)13)12(18)14-6-5-10-15-7-16-17-10/h2-4,7H,5-6,13H2,1H3,(H,14,18)(H,15,16,17). The summed E-state index contributed by atoms with van der Waals surface area (Å²) < 4.78 is 5.14. The van der Waals surface area contributed by atoms with Gasteiger partial charge in [0.25, 0.3) is 5.91 Å². The summed E-state index contributed by atoms with van der Waals surface area (Å²) in [6.07, 6.45) is 2.01. The van der Waals surface area contributed by atoms with Crippen molar-refractivity contribution < 1.29 is 9.53 Å². The molecule has 2 aromatic rings. The second kappa shape index (κ2) is 5.85. The molecule has 100 valence electrons. The Labute approximate surface area is 110 Å². The quantitative estimate of drug-likeness (QED) is 0.674. The van der Waals surface area contributed by atoms with Crippen LogP contribution in [0.25, 0.3) is 0 Å². The first-order valence-electron chi connectivity index (χ1n) is 5.77. The van der Waals surface area contributed by atoms with Crippen LogP contribution in [0, 0.1) is 0 Å². The number of ether oxygens (including phenoxy) is 1. The van der Waals surface area contributed by atoms with E-state index in [0.717, 1.165) is 5.82 Å². The number of anilines is 1. The largest absolute Gasteiger partial charge is 0.494 e. The van der Waals surface area contributed by atoms with Gasteiger partial charge in [0.05, 0.1) is 18.4 Å². The lowest BCUT2D eigenvalue weighted by molar-refractivity contribution is 0.0951. The fraction of sp³-hybridized carbons (Fsp3) is 0.250. The molecule has 0 spiro atoms. The Hall–Kier alpha value is -2.57. The molecule has 7 nitrogen and oxygen atoms in total. The lowest BCUT2D eigenvalue weighted by atomic mass is 10.1. The Bertz CT molecular complexity index is 553. The van der Waals surface area contributed by atoms with Crippen LogP contribution in [-0.4, -0.2) is 34.7 Å². The van der Waals surface area contributed by atoms with Gasteiger partial charge in [-0.2, -0.15) is 5.10 Å². The maximum Gasteiger partial charge on any atom is 0.255 e. The number of benzene rings is 1. The number of hydrogen-bond acceptors (Lipinski definition) is 5. The Morgan fingerprint density at radius 1 is 1.53 bits per heavy atom. The van der Waals surface area contributed by atoms with Gasteiger partial charge in [0.1, 0.15) is 12.2 Å². The van der Waals surface area contributed by atoms with Crippen molar-refractivity contribution in [1.29, 1.82) is 0 Å². The minimum Gasteiger partial charge on any atom is -0.494 e. The van der Waals surface area contributed by atoms with E-state index in [0.29, 0.717) is 30.0 Å². The van der Waals surface area contributed by atoms with Crippen LogP contribution in [-0.2, 0) is 6.42 Å². The molecule has 0 aliphatic rings. The fourth-order valence-corrected chi connectivity index (χ4v) is 1.70. The number of amides is 1. The van der Waals surface area contributed by atoms with E-state index in [-0.39, 0.29) is 5.91 Å². The summed E-state index contributed by atoms with van der Waals surface area (Å²) >= 11 is 0. The van der Waals surface area contributed by atoms with E-state index in [1.165, 1.54) is 13.4 Å². The Kier molecular flexibility index (Phi) is 3.97. The van der Waals surface area contributed by atoms with Crippen LogP contribution in [0.1, 0.15) is 16.2 Å². The molecule has 0 radical (unpaired) electrons. The third kappa shape index (κ3) is 3.01. The van der Waals surface area contributed by atoms with Crippen molar-refractivity contribution >= 4 is 11.6 Å². The molecular weight excluding hydrogens is 246 g/mol. The summed E-state index contributed by atoms with van der Waals surface area (Å²) in [6, 6.07) is 5.06. The van der Waals surface area contributed by atoms with Crippen LogP contribution in [0.5, 0.6) is 5.75 Å². The molecule has 1 amide bonds. The first-order valence-corrected chi connectivity index (χ1v) is 5.77. The smallest absolute Gasteiger partial charge is 0.255 e. The van der Waals surface area contributed by atoms with Gasteiger partial charge in [-0.25, -0.2) is 4.98 Å². The number of hydrogen-bond donors (Lipinski definition) is 3. The number of H-pyrrole nitrogens is 1. The molecule has 4 N–H and O–H groups in total. The van der Waals surface area contributed by atoms with Crippen molar-refractivity contribution in [2.45, 2.75) is 6.42 Å². The zero-order valence-corrected chi connectivity index (χ0v) is 10.5.